The minimum absolute atomic E-state index is 0.797. The Labute approximate surface area is 52.0 Å². The molecule has 0 amide bonds. The Morgan fingerprint density at radius 2 is 2.67 bits per heavy atom. The maximum atomic E-state index is 9.58. The third-order valence-electron chi connectivity index (χ3n) is 0.830. The molecule has 1 rings (SSSR count). The Kier molecular flexibility index (Phi) is 1.48. The van der Waals surface area contributed by atoms with E-state index in [0.717, 1.165) is 10.5 Å². The van der Waals surface area contributed by atoms with Crippen molar-refractivity contribution in [3.63, 3.8) is 0 Å². The molecule has 0 saturated carbocycles. The standard InChI is InChI=1S/C5H5N2O2/c1-5-2-3-7(6-5)9-4-8/h2-3H,1H3. The number of aromatic nitrogens is 2. The third kappa shape index (κ3) is 1.28. The molecule has 47 valence electrons. The van der Waals surface area contributed by atoms with E-state index in [-0.39, 0.29) is 0 Å². The zero-order valence-electron chi connectivity index (χ0n) is 4.87. The van der Waals surface area contributed by atoms with E-state index in [1.165, 1.54) is 12.7 Å². The van der Waals surface area contributed by atoms with Crippen molar-refractivity contribution in [3.8, 4) is 0 Å². The lowest BCUT2D eigenvalue weighted by Crippen LogP contribution is -2.08. The van der Waals surface area contributed by atoms with Crippen molar-refractivity contribution >= 4 is 6.47 Å². The zero-order valence-corrected chi connectivity index (χ0v) is 4.87. The van der Waals surface area contributed by atoms with Crippen molar-refractivity contribution in [2.75, 3.05) is 0 Å². The van der Waals surface area contributed by atoms with E-state index in [1.807, 2.05) is 0 Å². The van der Waals surface area contributed by atoms with E-state index < -0.39 is 0 Å². The van der Waals surface area contributed by atoms with Gasteiger partial charge in [0.05, 0.1) is 11.9 Å². The lowest BCUT2D eigenvalue weighted by atomic mass is 10.5. The monoisotopic (exact) mass is 125 g/mol. The van der Waals surface area contributed by atoms with Crippen molar-refractivity contribution < 1.29 is 9.63 Å². The highest BCUT2D eigenvalue weighted by Gasteiger charge is 1.90. The summed E-state index contributed by atoms with van der Waals surface area (Å²) in [6.07, 6.45) is 1.53. The second-order valence-corrected chi connectivity index (χ2v) is 1.53. The van der Waals surface area contributed by atoms with Crippen LogP contribution >= 0.6 is 0 Å². The molecule has 0 aliphatic carbocycles. The van der Waals surface area contributed by atoms with Gasteiger partial charge in [-0.1, -0.05) is 4.85 Å². The average molecular weight is 125 g/mol. The fraction of sp³-hybridized carbons (Fsp3) is 0.200. The second kappa shape index (κ2) is 2.30. The number of rotatable bonds is 2. The summed E-state index contributed by atoms with van der Waals surface area (Å²) in [5.41, 5.74) is 0.797. The minimum Gasteiger partial charge on any atom is -0.307 e. The molecule has 0 N–H and O–H groups in total. The summed E-state index contributed by atoms with van der Waals surface area (Å²) in [5, 5.41) is 3.73. The molecule has 1 aromatic rings. The molecule has 1 radical (unpaired) electrons. The molecule has 9 heavy (non-hydrogen) atoms. The van der Waals surface area contributed by atoms with Gasteiger partial charge in [-0.25, -0.2) is 4.79 Å². The average Bonchev–Trinajstić information content (AvgIpc) is 2.17. The number of hydrogen-bond acceptors (Lipinski definition) is 3. The summed E-state index contributed by atoms with van der Waals surface area (Å²) in [7, 11) is 0. The van der Waals surface area contributed by atoms with Gasteiger partial charge in [-0.05, 0) is 13.0 Å². The smallest absolute Gasteiger partial charge is 0.307 e. The minimum atomic E-state index is 0.797. The molecule has 0 saturated heterocycles. The first-order chi connectivity index (χ1) is 4.33. The van der Waals surface area contributed by atoms with Crippen LogP contribution in [0.5, 0.6) is 0 Å². The van der Waals surface area contributed by atoms with E-state index in [4.69, 9.17) is 0 Å². The van der Waals surface area contributed by atoms with Gasteiger partial charge in [0.2, 0.25) is 0 Å². The van der Waals surface area contributed by atoms with Gasteiger partial charge in [-0.2, -0.15) is 0 Å². The highest BCUT2D eigenvalue weighted by molar-refractivity contribution is 5.38. The molecule has 0 aliphatic heterocycles. The van der Waals surface area contributed by atoms with Crippen LogP contribution in [0.3, 0.4) is 0 Å². The van der Waals surface area contributed by atoms with Gasteiger partial charge in [0.1, 0.15) is 0 Å². The Balaban J connectivity index is 2.72. The van der Waals surface area contributed by atoms with E-state index in [2.05, 4.69) is 9.94 Å². The molecule has 0 fully saturated rings. The maximum Gasteiger partial charge on any atom is 0.445 e. The quantitative estimate of drug-likeness (QED) is 0.544. The second-order valence-electron chi connectivity index (χ2n) is 1.53. The molecule has 0 aromatic carbocycles. The van der Waals surface area contributed by atoms with E-state index in [1.54, 1.807) is 13.0 Å². The number of hydrogen-bond donors (Lipinski definition) is 0. The summed E-state index contributed by atoms with van der Waals surface area (Å²) in [4.78, 5) is 14.8. The molecule has 1 aromatic heterocycles. The molecular formula is C5H5N2O2. The van der Waals surface area contributed by atoms with Crippen LogP contribution in [0.1, 0.15) is 5.69 Å². The van der Waals surface area contributed by atoms with Gasteiger partial charge in [-0.15, -0.1) is 5.10 Å². The van der Waals surface area contributed by atoms with Gasteiger partial charge in [0.15, 0.2) is 0 Å². The molecule has 0 bridgehead atoms. The summed E-state index contributed by atoms with van der Waals surface area (Å²) in [6.45, 7) is 3.04. The first-order valence-corrected chi connectivity index (χ1v) is 2.39. The summed E-state index contributed by atoms with van der Waals surface area (Å²) < 4.78 is 0. The van der Waals surface area contributed by atoms with Crippen LogP contribution in [0.25, 0.3) is 0 Å². The molecular weight excluding hydrogens is 120 g/mol. The fourth-order valence-corrected chi connectivity index (χ4v) is 0.483. The zero-order chi connectivity index (χ0) is 6.69. The predicted molar refractivity (Wildman–Crippen MR) is 29.2 cm³/mol. The van der Waals surface area contributed by atoms with Gasteiger partial charge in [0.25, 0.3) is 0 Å². The summed E-state index contributed by atoms with van der Waals surface area (Å²) >= 11 is 0. The normalized spacial score (nSPS) is 9.00. The van der Waals surface area contributed by atoms with Crippen molar-refractivity contribution in [1.82, 2.24) is 9.94 Å². The number of nitrogens with zero attached hydrogens (tertiary/aromatic N) is 2. The van der Waals surface area contributed by atoms with Crippen LogP contribution in [0.4, 0.5) is 0 Å². The Morgan fingerprint density at radius 1 is 1.89 bits per heavy atom. The maximum absolute atomic E-state index is 9.58. The third-order valence-corrected chi connectivity index (χ3v) is 0.830. The molecule has 0 unspecified atom stereocenters. The van der Waals surface area contributed by atoms with Crippen molar-refractivity contribution in [2.45, 2.75) is 6.92 Å². The molecule has 4 nitrogen and oxygen atoms in total. The molecule has 0 aliphatic rings. The van der Waals surface area contributed by atoms with Crippen LogP contribution in [0.2, 0.25) is 0 Å². The SMILES string of the molecule is Cc1ccn(O[C]=O)n1. The van der Waals surface area contributed by atoms with Crippen LogP contribution < -0.4 is 4.84 Å². The van der Waals surface area contributed by atoms with E-state index >= 15 is 0 Å². The van der Waals surface area contributed by atoms with Crippen LogP contribution in [-0.4, -0.2) is 16.4 Å². The van der Waals surface area contributed by atoms with E-state index in [9.17, 15) is 4.79 Å². The highest BCUT2D eigenvalue weighted by Crippen LogP contribution is 1.87. The number of aryl methyl sites for hydroxylation is 1. The Bertz CT molecular complexity index is 206. The predicted octanol–water partition coefficient (Wildman–Crippen LogP) is -0.313. The summed E-state index contributed by atoms with van der Waals surface area (Å²) in [5.74, 6) is 0. The first-order valence-electron chi connectivity index (χ1n) is 2.39. The molecule has 0 atom stereocenters. The van der Waals surface area contributed by atoms with Gasteiger partial charge in [0, 0.05) is 0 Å². The van der Waals surface area contributed by atoms with Crippen LogP contribution in [-0.2, 0) is 4.79 Å². The van der Waals surface area contributed by atoms with Gasteiger partial charge in [-0.3, -0.25) is 0 Å². The Hall–Kier alpha value is -1.32. The largest absolute Gasteiger partial charge is 0.445 e. The molecule has 4 heteroatoms. The number of carbonyl (C=O) groups excluding carboxylic acids is 1. The van der Waals surface area contributed by atoms with Crippen LogP contribution in [0, 0.1) is 6.92 Å². The van der Waals surface area contributed by atoms with Gasteiger partial charge < -0.3 is 4.84 Å². The Morgan fingerprint density at radius 3 is 3.11 bits per heavy atom. The highest BCUT2D eigenvalue weighted by atomic mass is 16.7. The van der Waals surface area contributed by atoms with Crippen molar-refractivity contribution in [1.29, 1.82) is 0 Å². The van der Waals surface area contributed by atoms with Gasteiger partial charge >= 0.3 is 6.47 Å². The fourth-order valence-electron chi connectivity index (χ4n) is 0.483. The van der Waals surface area contributed by atoms with Crippen molar-refractivity contribution in [2.24, 2.45) is 0 Å². The lowest BCUT2D eigenvalue weighted by Gasteiger charge is -1.88. The summed E-state index contributed by atoms with van der Waals surface area (Å²) in [6, 6.07) is 1.72. The lowest BCUT2D eigenvalue weighted by molar-refractivity contribution is 0.205. The van der Waals surface area contributed by atoms with E-state index in [0.29, 0.717) is 0 Å². The molecule has 0 spiro atoms. The first kappa shape index (κ1) is 5.81. The van der Waals surface area contributed by atoms with Crippen LogP contribution in [0.15, 0.2) is 12.3 Å². The molecule has 1 heterocycles. The van der Waals surface area contributed by atoms with Crippen molar-refractivity contribution in [3.05, 3.63) is 18.0 Å². The topological polar surface area (TPSA) is 44.1 Å².